The zero-order valence-corrected chi connectivity index (χ0v) is 13.3. The van der Waals surface area contributed by atoms with Gasteiger partial charge in [-0.25, -0.2) is 18.1 Å². The first-order valence-electron chi connectivity index (χ1n) is 6.58. The molecule has 1 aromatic heterocycles. The Morgan fingerprint density at radius 2 is 2.35 bits per heavy atom. The molecule has 114 valence electrons. The Bertz CT molecular complexity index is 523. The van der Waals surface area contributed by atoms with E-state index in [4.69, 9.17) is 9.47 Å². The van der Waals surface area contributed by atoms with Gasteiger partial charge in [0.25, 0.3) is 0 Å². The summed E-state index contributed by atoms with van der Waals surface area (Å²) in [5.74, 6) is 0.0448. The fourth-order valence-corrected chi connectivity index (χ4v) is 4.17. The molecule has 2 atom stereocenters. The molecule has 0 spiro atoms. The Hall–Kier alpha value is -0.540. The van der Waals surface area contributed by atoms with Crippen molar-refractivity contribution < 1.29 is 17.9 Å². The van der Waals surface area contributed by atoms with Gasteiger partial charge in [-0.2, -0.15) is 0 Å². The van der Waals surface area contributed by atoms with Gasteiger partial charge in [0.1, 0.15) is 0 Å². The summed E-state index contributed by atoms with van der Waals surface area (Å²) in [5.41, 5.74) is 0. The number of hydrogen-bond donors (Lipinski definition) is 1. The summed E-state index contributed by atoms with van der Waals surface area (Å²) >= 11 is 1.50. The molecule has 0 bridgehead atoms. The quantitative estimate of drug-likeness (QED) is 0.853. The lowest BCUT2D eigenvalue weighted by molar-refractivity contribution is -0.0884. The molecule has 2 unspecified atom stereocenters. The van der Waals surface area contributed by atoms with E-state index in [0.717, 1.165) is 9.88 Å². The second kappa shape index (κ2) is 6.95. The van der Waals surface area contributed by atoms with Crippen molar-refractivity contribution in [2.45, 2.75) is 32.4 Å². The summed E-state index contributed by atoms with van der Waals surface area (Å²) in [6.07, 6.45) is 2.04. The van der Waals surface area contributed by atoms with Crippen LogP contribution in [0.1, 0.15) is 29.3 Å². The Morgan fingerprint density at radius 3 is 2.95 bits per heavy atom. The highest BCUT2D eigenvalue weighted by atomic mass is 32.2. The highest BCUT2D eigenvalue weighted by molar-refractivity contribution is 7.89. The van der Waals surface area contributed by atoms with Crippen LogP contribution in [0.15, 0.2) is 6.20 Å². The normalized spacial score (nSPS) is 21.8. The molecule has 1 aliphatic rings. The smallest absolute Gasteiger partial charge is 0.212 e. The molecule has 0 radical (unpaired) electrons. The molecule has 20 heavy (non-hydrogen) atoms. The summed E-state index contributed by atoms with van der Waals surface area (Å²) in [6, 6.07) is -0.255. The van der Waals surface area contributed by atoms with Gasteiger partial charge in [0.2, 0.25) is 10.0 Å². The maximum Gasteiger partial charge on any atom is 0.212 e. The minimum Gasteiger partial charge on any atom is -0.376 e. The van der Waals surface area contributed by atoms with E-state index < -0.39 is 10.0 Å². The zero-order valence-electron chi connectivity index (χ0n) is 11.7. The van der Waals surface area contributed by atoms with Gasteiger partial charge >= 0.3 is 0 Å². The maximum absolute atomic E-state index is 12.0. The number of sulfonamides is 1. The molecule has 2 rings (SSSR count). The van der Waals surface area contributed by atoms with Gasteiger partial charge in [-0.15, -0.1) is 11.3 Å². The third kappa shape index (κ3) is 4.78. The highest BCUT2D eigenvalue weighted by Gasteiger charge is 2.21. The highest BCUT2D eigenvalue weighted by Crippen LogP contribution is 2.20. The van der Waals surface area contributed by atoms with E-state index in [2.05, 4.69) is 9.71 Å². The standard InChI is InChI=1S/C12H20N2O4S2/c1-9(12-7-13-10(2)19-12)14-20(15,16)6-3-11-8-17-4-5-18-11/h7,9,11,14H,3-6,8H2,1-2H3. The largest absolute Gasteiger partial charge is 0.376 e. The molecular formula is C12H20N2O4S2. The summed E-state index contributed by atoms with van der Waals surface area (Å²) < 4.78 is 37.4. The first-order chi connectivity index (χ1) is 9.46. The van der Waals surface area contributed by atoms with Crippen LogP contribution in [0.4, 0.5) is 0 Å². The third-order valence-corrected chi connectivity index (χ3v) is 5.60. The fraction of sp³-hybridized carbons (Fsp3) is 0.750. The molecule has 1 N–H and O–H groups in total. The monoisotopic (exact) mass is 320 g/mol. The van der Waals surface area contributed by atoms with E-state index in [1.165, 1.54) is 11.3 Å². The molecule has 1 saturated heterocycles. The van der Waals surface area contributed by atoms with Crippen LogP contribution in [-0.2, 0) is 19.5 Å². The predicted octanol–water partition coefficient (Wildman–Crippen LogP) is 1.24. The first-order valence-corrected chi connectivity index (χ1v) is 9.05. The Kier molecular flexibility index (Phi) is 5.50. The number of thiazole rings is 1. The van der Waals surface area contributed by atoms with E-state index >= 15 is 0 Å². The van der Waals surface area contributed by atoms with Crippen LogP contribution >= 0.6 is 11.3 Å². The van der Waals surface area contributed by atoms with Crippen LogP contribution in [-0.4, -0.2) is 45.1 Å². The number of rotatable bonds is 6. The summed E-state index contributed by atoms with van der Waals surface area (Å²) in [7, 11) is -3.33. The molecule has 1 aliphatic heterocycles. The van der Waals surface area contributed by atoms with Crippen molar-refractivity contribution in [1.82, 2.24) is 9.71 Å². The van der Waals surface area contributed by atoms with Crippen molar-refractivity contribution in [3.63, 3.8) is 0 Å². The van der Waals surface area contributed by atoms with E-state index in [1.54, 1.807) is 6.20 Å². The first kappa shape index (κ1) is 15.8. The maximum atomic E-state index is 12.0. The summed E-state index contributed by atoms with van der Waals surface area (Å²) in [5, 5.41) is 0.929. The van der Waals surface area contributed by atoms with Crippen molar-refractivity contribution in [2.24, 2.45) is 0 Å². The number of hydrogen-bond acceptors (Lipinski definition) is 6. The molecule has 1 fully saturated rings. The average molecular weight is 320 g/mol. The lowest BCUT2D eigenvalue weighted by Crippen LogP contribution is -2.34. The van der Waals surface area contributed by atoms with Crippen LogP contribution in [0.5, 0.6) is 0 Å². The molecule has 0 saturated carbocycles. The van der Waals surface area contributed by atoms with Gasteiger partial charge in [0, 0.05) is 11.1 Å². The van der Waals surface area contributed by atoms with Crippen molar-refractivity contribution in [1.29, 1.82) is 0 Å². The molecule has 0 amide bonds. The van der Waals surface area contributed by atoms with Crippen LogP contribution in [0.2, 0.25) is 0 Å². The number of aryl methyl sites for hydroxylation is 1. The van der Waals surface area contributed by atoms with E-state index in [1.807, 2.05) is 13.8 Å². The second-order valence-electron chi connectivity index (χ2n) is 4.80. The number of aromatic nitrogens is 1. The second-order valence-corrected chi connectivity index (χ2v) is 7.94. The molecule has 6 nitrogen and oxygen atoms in total. The zero-order chi connectivity index (χ0) is 14.6. The van der Waals surface area contributed by atoms with Gasteiger partial charge in [0.05, 0.1) is 42.7 Å². The van der Waals surface area contributed by atoms with E-state index in [9.17, 15) is 8.42 Å². The van der Waals surface area contributed by atoms with E-state index in [-0.39, 0.29) is 17.9 Å². The molecule has 2 heterocycles. The minimum atomic E-state index is -3.33. The van der Waals surface area contributed by atoms with Crippen LogP contribution < -0.4 is 4.72 Å². The topological polar surface area (TPSA) is 77.5 Å². The third-order valence-electron chi connectivity index (χ3n) is 3.02. The van der Waals surface area contributed by atoms with Crippen molar-refractivity contribution in [3.8, 4) is 0 Å². The molecule has 1 aromatic rings. The lowest BCUT2D eigenvalue weighted by Gasteiger charge is -2.23. The number of nitrogens with zero attached hydrogens (tertiary/aromatic N) is 1. The van der Waals surface area contributed by atoms with Crippen LogP contribution in [0, 0.1) is 6.92 Å². The van der Waals surface area contributed by atoms with E-state index in [0.29, 0.717) is 26.2 Å². The van der Waals surface area contributed by atoms with Gasteiger partial charge in [-0.1, -0.05) is 0 Å². The molecular weight excluding hydrogens is 300 g/mol. The predicted molar refractivity (Wildman–Crippen MR) is 77.4 cm³/mol. The summed E-state index contributed by atoms with van der Waals surface area (Å²) in [6.45, 7) is 5.32. The molecule has 8 heteroatoms. The SMILES string of the molecule is Cc1ncc(C(C)NS(=O)(=O)CCC2COCCO2)s1. The average Bonchev–Trinajstić information content (AvgIpc) is 2.84. The molecule has 0 aromatic carbocycles. The van der Waals surface area contributed by atoms with Crippen LogP contribution in [0.3, 0.4) is 0 Å². The summed E-state index contributed by atoms with van der Waals surface area (Å²) in [4.78, 5) is 5.05. The van der Waals surface area contributed by atoms with Gasteiger partial charge in [-0.3, -0.25) is 0 Å². The number of nitrogens with one attached hydrogen (secondary N) is 1. The van der Waals surface area contributed by atoms with Gasteiger partial charge in [-0.05, 0) is 20.3 Å². The van der Waals surface area contributed by atoms with Crippen molar-refractivity contribution in [3.05, 3.63) is 16.1 Å². The lowest BCUT2D eigenvalue weighted by atomic mass is 10.3. The minimum absolute atomic E-state index is 0.0448. The van der Waals surface area contributed by atoms with Crippen LogP contribution in [0.25, 0.3) is 0 Å². The fourth-order valence-electron chi connectivity index (χ4n) is 1.95. The van der Waals surface area contributed by atoms with Crippen molar-refractivity contribution >= 4 is 21.4 Å². The van der Waals surface area contributed by atoms with Crippen molar-refractivity contribution in [2.75, 3.05) is 25.6 Å². The van der Waals surface area contributed by atoms with Gasteiger partial charge < -0.3 is 9.47 Å². The van der Waals surface area contributed by atoms with Gasteiger partial charge in [0.15, 0.2) is 0 Å². The Labute approximate surface area is 123 Å². The Morgan fingerprint density at radius 1 is 1.55 bits per heavy atom. The molecule has 0 aliphatic carbocycles. The Balaban J connectivity index is 1.83. The number of ether oxygens (including phenoxy) is 2.